The highest BCUT2D eigenvalue weighted by Crippen LogP contribution is 2.36. The highest BCUT2D eigenvalue weighted by atomic mass is 19.4. The minimum absolute atomic E-state index is 0.169. The number of nitriles is 1. The molecular formula is C11H6F3N3. The summed E-state index contributed by atoms with van der Waals surface area (Å²) < 4.78 is 38.0. The molecule has 0 atom stereocenters. The molecule has 1 N–H and O–H groups in total. The predicted molar refractivity (Wildman–Crippen MR) is 53.7 cm³/mol. The Bertz CT molecular complexity index is 578. The van der Waals surface area contributed by atoms with Gasteiger partial charge in [-0.05, 0) is 6.07 Å². The van der Waals surface area contributed by atoms with E-state index in [1.807, 2.05) is 6.07 Å². The number of nitrogens with one attached hydrogen (secondary N) is 1. The number of H-pyrrole nitrogens is 1. The molecule has 0 radical (unpaired) electrons. The van der Waals surface area contributed by atoms with Crippen LogP contribution in [0.1, 0.15) is 11.1 Å². The van der Waals surface area contributed by atoms with Crippen molar-refractivity contribution in [1.29, 1.82) is 5.26 Å². The van der Waals surface area contributed by atoms with Crippen molar-refractivity contribution >= 4 is 0 Å². The molecule has 0 fully saturated rings. The first kappa shape index (κ1) is 11.2. The van der Waals surface area contributed by atoms with E-state index in [1.165, 1.54) is 12.1 Å². The lowest BCUT2D eigenvalue weighted by molar-refractivity contribution is -0.137. The standard InChI is InChI=1S/C11H6F3N3/c12-11(13,14)9-6-16-17-10(9)8-4-2-1-3-7(8)5-15/h1-4,6H,(H,16,17). The van der Waals surface area contributed by atoms with Gasteiger partial charge in [-0.25, -0.2) is 0 Å². The van der Waals surface area contributed by atoms with Crippen molar-refractivity contribution < 1.29 is 13.2 Å². The molecule has 2 aromatic rings. The van der Waals surface area contributed by atoms with E-state index in [9.17, 15) is 13.2 Å². The molecule has 1 aromatic carbocycles. The summed E-state index contributed by atoms with van der Waals surface area (Å²) in [5.74, 6) is 0. The molecule has 0 aliphatic rings. The summed E-state index contributed by atoms with van der Waals surface area (Å²) >= 11 is 0. The van der Waals surface area contributed by atoms with Gasteiger partial charge >= 0.3 is 6.18 Å². The van der Waals surface area contributed by atoms with Crippen LogP contribution in [-0.4, -0.2) is 10.2 Å². The summed E-state index contributed by atoms with van der Waals surface area (Å²) in [5.41, 5.74) is -0.697. The first-order chi connectivity index (χ1) is 8.04. The van der Waals surface area contributed by atoms with Crippen LogP contribution in [0.3, 0.4) is 0 Å². The average molecular weight is 237 g/mol. The van der Waals surface area contributed by atoms with Crippen LogP contribution in [0.15, 0.2) is 30.5 Å². The second-order valence-corrected chi connectivity index (χ2v) is 3.31. The fourth-order valence-corrected chi connectivity index (χ4v) is 1.51. The Hall–Kier alpha value is -2.29. The van der Waals surface area contributed by atoms with Gasteiger partial charge < -0.3 is 0 Å². The molecule has 0 aliphatic carbocycles. The van der Waals surface area contributed by atoms with Crippen molar-refractivity contribution in [1.82, 2.24) is 10.2 Å². The molecule has 2 rings (SSSR count). The lowest BCUT2D eigenvalue weighted by Crippen LogP contribution is -2.05. The Labute approximate surface area is 94.5 Å². The summed E-state index contributed by atoms with van der Waals surface area (Å²) in [7, 11) is 0. The van der Waals surface area contributed by atoms with Crippen LogP contribution in [-0.2, 0) is 6.18 Å². The van der Waals surface area contributed by atoms with E-state index < -0.39 is 11.7 Å². The summed E-state index contributed by atoms with van der Waals surface area (Å²) in [6.45, 7) is 0. The van der Waals surface area contributed by atoms with Gasteiger partial charge in [-0.1, -0.05) is 18.2 Å². The topological polar surface area (TPSA) is 52.5 Å². The van der Waals surface area contributed by atoms with Crippen LogP contribution in [0.2, 0.25) is 0 Å². The maximum Gasteiger partial charge on any atom is 0.420 e. The molecule has 0 bridgehead atoms. The zero-order valence-corrected chi connectivity index (χ0v) is 8.42. The van der Waals surface area contributed by atoms with Crippen LogP contribution in [0, 0.1) is 11.3 Å². The molecule has 0 aliphatic heterocycles. The summed E-state index contributed by atoms with van der Waals surface area (Å²) in [4.78, 5) is 0. The van der Waals surface area contributed by atoms with E-state index in [2.05, 4.69) is 10.2 Å². The van der Waals surface area contributed by atoms with Gasteiger partial charge in [0.25, 0.3) is 0 Å². The Kier molecular flexibility index (Phi) is 2.60. The molecule has 6 heteroatoms. The average Bonchev–Trinajstić information content (AvgIpc) is 2.77. The predicted octanol–water partition coefficient (Wildman–Crippen LogP) is 2.97. The SMILES string of the molecule is N#Cc1ccccc1-c1[nH]ncc1C(F)(F)F. The van der Waals surface area contributed by atoms with Gasteiger partial charge in [-0.15, -0.1) is 0 Å². The maximum absolute atomic E-state index is 12.7. The fraction of sp³-hybridized carbons (Fsp3) is 0.0909. The van der Waals surface area contributed by atoms with Gasteiger partial charge in [0.2, 0.25) is 0 Å². The van der Waals surface area contributed by atoms with Gasteiger partial charge in [0.1, 0.15) is 5.56 Å². The third-order valence-electron chi connectivity index (χ3n) is 2.26. The number of benzene rings is 1. The van der Waals surface area contributed by atoms with Gasteiger partial charge in [0, 0.05) is 5.56 Å². The third kappa shape index (κ3) is 1.99. The normalized spacial score (nSPS) is 11.2. The third-order valence-corrected chi connectivity index (χ3v) is 2.26. The Balaban J connectivity index is 2.63. The molecule has 0 unspecified atom stereocenters. The fourth-order valence-electron chi connectivity index (χ4n) is 1.51. The number of halogens is 3. The Morgan fingerprint density at radius 1 is 1.24 bits per heavy atom. The van der Waals surface area contributed by atoms with Crippen molar-refractivity contribution in [3.8, 4) is 17.3 Å². The van der Waals surface area contributed by atoms with E-state index in [-0.39, 0.29) is 16.8 Å². The monoisotopic (exact) mass is 237 g/mol. The quantitative estimate of drug-likeness (QED) is 0.828. The van der Waals surface area contributed by atoms with Crippen molar-refractivity contribution in [2.45, 2.75) is 6.18 Å². The molecule has 0 amide bonds. The van der Waals surface area contributed by atoms with Crippen molar-refractivity contribution in [3.05, 3.63) is 41.6 Å². The van der Waals surface area contributed by atoms with Gasteiger partial charge in [-0.2, -0.15) is 23.5 Å². The smallest absolute Gasteiger partial charge is 0.277 e. The minimum atomic E-state index is -4.50. The maximum atomic E-state index is 12.7. The summed E-state index contributed by atoms with van der Waals surface area (Å²) in [5, 5.41) is 14.5. The molecule has 3 nitrogen and oxygen atoms in total. The molecule has 0 saturated carbocycles. The van der Waals surface area contributed by atoms with Crippen LogP contribution in [0.5, 0.6) is 0 Å². The highest BCUT2D eigenvalue weighted by molar-refractivity contribution is 5.70. The van der Waals surface area contributed by atoms with Gasteiger partial charge in [0.05, 0.1) is 23.5 Å². The number of hydrogen-bond acceptors (Lipinski definition) is 2. The second kappa shape index (κ2) is 3.94. The van der Waals surface area contributed by atoms with Crippen LogP contribution in [0.25, 0.3) is 11.3 Å². The first-order valence-corrected chi connectivity index (χ1v) is 4.64. The Morgan fingerprint density at radius 2 is 1.94 bits per heavy atom. The zero-order valence-electron chi connectivity index (χ0n) is 8.42. The van der Waals surface area contributed by atoms with E-state index in [0.717, 1.165) is 0 Å². The van der Waals surface area contributed by atoms with E-state index >= 15 is 0 Å². The first-order valence-electron chi connectivity index (χ1n) is 4.64. The number of aromatic amines is 1. The molecule has 0 saturated heterocycles. The minimum Gasteiger partial charge on any atom is -0.277 e. The zero-order chi connectivity index (χ0) is 12.5. The lowest BCUT2D eigenvalue weighted by atomic mass is 10.0. The van der Waals surface area contributed by atoms with E-state index in [1.54, 1.807) is 12.1 Å². The number of rotatable bonds is 1. The van der Waals surface area contributed by atoms with E-state index in [4.69, 9.17) is 5.26 Å². The molecule has 17 heavy (non-hydrogen) atoms. The Morgan fingerprint density at radius 3 is 2.59 bits per heavy atom. The van der Waals surface area contributed by atoms with Crippen LogP contribution >= 0.6 is 0 Å². The number of alkyl halides is 3. The molecule has 86 valence electrons. The summed E-state index contributed by atoms with van der Waals surface area (Å²) in [6.07, 6.45) is -3.78. The largest absolute Gasteiger partial charge is 0.420 e. The van der Waals surface area contributed by atoms with Gasteiger partial charge in [0.15, 0.2) is 0 Å². The van der Waals surface area contributed by atoms with Gasteiger partial charge in [-0.3, -0.25) is 5.10 Å². The number of nitrogens with zero attached hydrogens (tertiary/aromatic N) is 2. The molecular weight excluding hydrogens is 231 g/mol. The molecule has 1 aromatic heterocycles. The molecule has 0 spiro atoms. The van der Waals surface area contributed by atoms with Crippen LogP contribution < -0.4 is 0 Å². The van der Waals surface area contributed by atoms with Crippen LogP contribution in [0.4, 0.5) is 13.2 Å². The molecule has 1 heterocycles. The number of aromatic nitrogens is 2. The second-order valence-electron chi connectivity index (χ2n) is 3.31. The van der Waals surface area contributed by atoms with Crippen molar-refractivity contribution in [2.24, 2.45) is 0 Å². The number of hydrogen-bond donors (Lipinski definition) is 1. The van der Waals surface area contributed by atoms with Crippen molar-refractivity contribution in [3.63, 3.8) is 0 Å². The van der Waals surface area contributed by atoms with Crippen molar-refractivity contribution in [2.75, 3.05) is 0 Å². The lowest BCUT2D eigenvalue weighted by Gasteiger charge is -2.07. The van der Waals surface area contributed by atoms with E-state index in [0.29, 0.717) is 6.20 Å². The highest BCUT2D eigenvalue weighted by Gasteiger charge is 2.35. The summed E-state index contributed by atoms with van der Waals surface area (Å²) in [6, 6.07) is 7.90.